The maximum atomic E-state index is 11.1. The molecule has 0 saturated carbocycles. The van der Waals surface area contributed by atoms with Crippen LogP contribution in [0.4, 0.5) is 11.4 Å². The first-order chi connectivity index (χ1) is 9.97. The Labute approximate surface area is 132 Å². The zero-order valence-electron chi connectivity index (χ0n) is 11.9. The van der Waals surface area contributed by atoms with Crippen molar-refractivity contribution in [1.29, 1.82) is 0 Å². The first kappa shape index (κ1) is 15.4. The molecule has 0 spiro atoms. The molecule has 5 heteroatoms. The van der Waals surface area contributed by atoms with Crippen molar-refractivity contribution in [2.24, 2.45) is 0 Å². The molecule has 0 fully saturated rings. The van der Waals surface area contributed by atoms with Crippen molar-refractivity contribution in [3.63, 3.8) is 0 Å². The zero-order valence-corrected chi connectivity index (χ0v) is 13.5. The van der Waals surface area contributed by atoms with Gasteiger partial charge in [0, 0.05) is 30.4 Å². The molecule has 3 N–H and O–H groups in total. The van der Waals surface area contributed by atoms with Gasteiger partial charge in [-0.2, -0.15) is 0 Å². The van der Waals surface area contributed by atoms with Crippen LogP contribution in [0.2, 0.25) is 0 Å². The largest absolute Gasteiger partial charge is 0.506 e. The first-order valence-corrected chi connectivity index (χ1v) is 7.35. The fraction of sp³-hybridized carbons (Fsp3) is 0.188. The van der Waals surface area contributed by atoms with E-state index in [4.69, 9.17) is 0 Å². The van der Waals surface area contributed by atoms with Gasteiger partial charge >= 0.3 is 0 Å². The quantitative estimate of drug-likeness (QED) is 0.781. The van der Waals surface area contributed by atoms with Crippen LogP contribution >= 0.6 is 15.9 Å². The SMILES string of the molecule is CC(=O)Nc1ccc(NCc2cccc(Br)c2O)cc1C. The number of aryl methyl sites for hydroxylation is 1. The van der Waals surface area contributed by atoms with Crippen LogP contribution in [0.1, 0.15) is 18.1 Å². The third-order valence-corrected chi connectivity index (χ3v) is 3.73. The molecule has 0 radical (unpaired) electrons. The monoisotopic (exact) mass is 348 g/mol. The maximum absolute atomic E-state index is 11.1. The second-order valence-corrected chi connectivity index (χ2v) is 5.67. The van der Waals surface area contributed by atoms with Crippen LogP contribution in [0, 0.1) is 6.92 Å². The number of hydrogen-bond donors (Lipinski definition) is 3. The van der Waals surface area contributed by atoms with E-state index in [-0.39, 0.29) is 11.7 Å². The minimum Gasteiger partial charge on any atom is -0.506 e. The van der Waals surface area contributed by atoms with E-state index in [0.717, 1.165) is 22.5 Å². The standard InChI is InChI=1S/C16H17BrN2O2/c1-10-8-13(6-7-15(10)19-11(2)20)18-9-12-4-3-5-14(17)16(12)21/h3-8,18,21H,9H2,1-2H3,(H,19,20). The van der Waals surface area contributed by atoms with Gasteiger partial charge in [0.1, 0.15) is 5.75 Å². The lowest BCUT2D eigenvalue weighted by molar-refractivity contribution is -0.114. The van der Waals surface area contributed by atoms with E-state index >= 15 is 0 Å². The molecule has 2 aromatic carbocycles. The lowest BCUT2D eigenvalue weighted by Crippen LogP contribution is -2.07. The van der Waals surface area contributed by atoms with E-state index < -0.39 is 0 Å². The summed E-state index contributed by atoms with van der Waals surface area (Å²) >= 11 is 3.30. The highest BCUT2D eigenvalue weighted by molar-refractivity contribution is 9.10. The van der Waals surface area contributed by atoms with Crippen molar-refractivity contribution < 1.29 is 9.90 Å². The van der Waals surface area contributed by atoms with Gasteiger partial charge in [-0.1, -0.05) is 12.1 Å². The van der Waals surface area contributed by atoms with Crippen LogP contribution in [-0.2, 0) is 11.3 Å². The molecule has 2 aromatic rings. The molecule has 1 amide bonds. The van der Waals surface area contributed by atoms with Crippen molar-refractivity contribution in [3.05, 3.63) is 52.0 Å². The van der Waals surface area contributed by atoms with Crippen molar-refractivity contribution in [2.75, 3.05) is 10.6 Å². The Hall–Kier alpha value is -2.01. The minimum absolute atomic E-state index is 0.0853. The smallest absolute Gasteiger partial charge is 0.221 e. The third kappa shape index (κ3) is 3.98. The molecule has 0 heterocycles. The summed E-state index contributed by atoms with van der Waals surface area (Å²) in [7, 11) is 0. The number of rotatable bonds is 4. The Balaban J connectivity index is 2.08. The number of hydrogen-bond acceptors (Lipinski definition) is 3. The molecule has 4 nitrogen and oxygen atoms in total. The second-order valence-electron chi connectivity index (χ2n) is 4.81. The van der Waals surface area contributed by atoms with Gasteiger partial charge in [-0.3, -0.25) is 4.79 Å². The Morgan fingerprint density at radius 2 is 2.05 bits per heavy atom. The van der Waals surface area contributed by atoms with Crippen molar-refractivity contribution in [3.8, 4) is 5.75 Å². The molecular formula is C16H17BrN2O2. The molecule has 0 aliphatic carbocycles. The molecule has 0 aliphatic heterocycles. The fourth-order valence-electron chi connectivity index (χ4n) is 2.00. The molecule has 0 aromatic heterocycles. The summed E-state index contributed by atoms with van der Waals surface area (Å²) in [6, 6.07) is 11.3. The lowest BCUT2D eigenvalue weighted by Gasteiger charge is -2.12. The van der Waals surface area contributed by atoms with Gasteiger partial charge in [-0.15, -0.1) is 0 Å². The zero-order chi connectivity index (χ0) is 15.4. The van der Waals surface area contributed by atoms with E-state index in [1.165, 1.54) is 6.92 Å². The number of halogens is 1. The average molecular weight is 349 g/mol. The number of nitrogens with one attached hydrogen (secondary N) is 2. The van der Waals surface area contributed by atoms with Crippen LogP contribution in [0.25, 0.3) is 0 Å². The molecule has 0 aliphatic rings. The summed E-state index contributed by atoms with van der Waals surface area (Å²) in [6.07, 6.45) is 0. The number of carbonyl (C=O) groups is 1. The summed E-state index contributed by atoms with van der Waals surface area (Å²) in [5, 5.41) is 16.0. The Bertz CT molecular complexity index is 671. The van der Waals surface area contributed by atoms with Gasteiger partial charge in [0.25, 0.3) is 0 Å². The molecule has 0 unspecified atom stereocenters. The van der Waals surface area contributed by atoms with Crippen LogP contribution in [0.5, 0.6) is 5.75 Å². The molecule has 110 valence electrons. The number of anilines is 2. The number of phenolic OH excluding ortho intramolecular Hbond substituents is 1. The number of para-hydroxylation sites is 1. The van der Waals surface area contributed by atoms with Gasteiger partial charge < -0.3 is 15.7 Å². The van der Waals surface area contributed by atoms with Crippen molar-refractivity contribution in [2.45, 2.75) is 20.4 Å². The molecule has 2 rings (SSSR count). The number of benzene rings is 2. The fourth-order valence-corrected chi connectivity index (χ4v) is 2.41. The minimum atomic E-state index is -0.0853. The summed E-state index contributed by atoms with van der Waals surface area (Å²) in [4.78, 5) is 11.1. The summed E-state index contributed by atoms with van der Waals surface area (Å²) < 4.78 is 0.680. The topological polar surface area (TPSA) is 61.4 Å². The number of amides is 1. The highest BCUT2D eigenvalue weighted by Gasteiger charge is 2.05. The van der Waals surface area contributed by atoms with Gasteiger partial charge in [-0.25, -0.2) is 0 Å². The van der Waals surface area contributed by atoms with E-state index in [9.17, 15) is 9.90 Å². The summed E-state index contributed by atoms with van der Waals surface area (Å²) in [6.45, 7) is 3.94. The predicted molar refractivity (Wildman–Crippen MR) is 88.6 cm³/mol. The van der Waals surface area contributed by atoms with Gasteiger partial charge in [0.05, 0.1) is 4.47 Å². The Morgan fingerprint density at radius 1 is 1.29 bits per heavy atom. The first-order valence-electron chi connectivity index (χ1n) is 6.56. The number of aromatic hydroxyl groups is 1. The molecule has 0 atom stereocenters. The van der Waals surface area contributed by atoms with Gasteiger partial charge in [-0.05, 0) is 52.7 Å². The third-order valence-electron chi connectivity index (χ3n) is 3.09. The highest BCUT2D eigenvalue weighted by atomic mass is 79.9. The van der Waals surface area contributed by atoms with Crippen molar-refractivity contribution in [1.82, 2.24) is 0 Å². The maximum Gasteiger partial charge on any atom is 0.221 e. The Morgan fingerprint density at radius 3 is 2.71 bits per heavy atom. The van der Waals surface area contributed by atoms with Crippen LogP contribution in [-0.4, -0.2) is 11.0 Å². The van der Waals surface area contributed by atoms with E-state index in [1.807, 2.05) is 37.3 Å². The predicted octanol–water partition coefficient (Wildman–Crippen LogP) is 4.03. The normalized spacial score (nSPS) is 10.2. The Kier molecular flexibility index (Phi) is 4.85. The van der Waals surface area contributed by atoms with Crippen LogP contribution in [0.15, 0.2) is 40.9 Å². The van der Waals surface area contributed by atoms with Gasteiger partial charge in [0.2, 0.25) is 5.91 Å². The van der Waals surface area contributed by atoms with Crippen molar-refractivity contribution >= 4 is 33.2 Å². The van der Waals surface area contributed by atoms with Crippen LogP contribution < -0.4 is 10.6 Å². The average Bonchev–Trinajstić information content (AvgIpc) is 2.43. The van der Waals surface area contributed by atoms with Gasteiger partial charge in [0.15, 0.2) is 0 Å². The van der Waals surface area contributed by atoms with E-state index in [0.29, 0.717) is 11.0 Å². The molecule has 21 heavy (non-hydrogen) atoms. The van der Waals surface area contributed by atoms with E-state index in [1.54, 1.807) is 6.07 Å². The molecule has 0 saturated heterocycles. The highest BCUT2D eigenvalue weighted by Crippen LogP contribution is 2.28. The van der Waals surface area contributed by atoms with Crippen LogP contribution in [0.3, 0.4) is 0 Å². The number of carbonyl (C=O) groups excluding carboxylic acids is 1. The summed E-state index contributed by atoms with van der Waals surface area (Å²) in [5.41, 5.74) is 3.53. The summed E-state index contributed by atoms with van der Waals surface area (Å²) in [5.74, 6) is 0.162. The molecular weight excluding hydrogens is 332 g/mol. The molecule has 0 bridgehead atoms. The second kappa shape index (κ2) is 6.63. The number of phenols is 1. The van der Waals surface area contributed by atoms with E-state index in [2.05, 4.69) is 26.6 Å². The lowest BCUT2D eigenvalue weighted by atomic mass is 10.1.